The highest BCUT2D eigenvalue weighted by Gasteiger charge is 2.29. The van der Waals surface area contributed by atoms with E-state index in [1.165, 1.54) is 12.8 Å². The number of rotatable bonds is 4. The summed E-state index contributed by atoms with van der Waals surface area (Å²) in [7, 11) is 0. The second kappa shape index (κ2) is 4.88. The van der Waals surface area contributed by atoms with Crippen LogP contribution >= 0.6 is 0 Å². The minimum Gasteiger partial charge on any atom is -0.349 e. The standard InChI is InChI=1S/C15H17N3O/c1-11(12-7-8-12)17-15(19)13-9-16-18(10-13)14-5-3-2-4-6-14/h2-6,9-12H,7-8H2,1H3,(H,17,19)/t11-/m1/s1. The van der Waals surface area contributed by atoms with E-state index >= 15 is 0 Å². The van der Waals surface area contributed by atoms with E-state index in [4.69, 9.17) is 0 Å². The van der Waals surface area contributed by atoms with Crippen LogP contribution in [0.3, 0.4) is 0 Å². The number of para-hydroxylation sites is 1. The van der Waals surface area contributed by atoms with Gasteiger partial charge in [-0.2, -0.15) is 5.10 Å². The van der Waals surface area contributed by atoms with Gasteiger partial charge in [-0.05, 0) is 37.8 Å². The normalized spacial score (nSPS) is 16.1. The van der Waals surface area contributed by atoms with Crippen molar-refractivity contribution in [3.63, 3.8) is 0 Å². The van der Waals surface area contributed by atoms with Crippen molar-refractivity contribution in [2.75, 3.05) is 0 Å². The van der Waals surface area contributed by atoms with Crippen molar-refractivity contribution in [3.8, 4) is 5.69 Å². The Morgan fingerprint density at radius 1 is 1.37 bits per heavy atom. The predicted molar refractivity (Wildman–Crippen MR) is 73.2 cm³/mol. The van der Waals surface area contributed by atoms with Crippen LogP contribution in [0.25, 0.3) is 5.69 Å². The van der Waals surface area contributed by atoms with Gasteiger partial charge in [0, 0.05) is 12.2 Å². The first-order valence-electron chi connectivity index (χ1n) is 6.65. The Kier molecular flexibility index (Phi) is 3.07. The molecule has 1 atom stereocenters. The van der Waals surface area contributed by atoms with Crippen molar-refractivity contribution in [3.05, 3.63) is 48.3 Å². The van der Waals surface area contributed by atoms with E-state index < -0.39 is 0 Å². The number of nitrogens with zero attached hydrogens (tertiary/aromatic N) is 2. The third-order valence-electron chi connectivity index (χ3n) is 3.55. The van der Waals surface area contributed by atoms with Crippen LogP contribution in [0, 0.1) is 5.92 Å². The molecule has 4 nitrogen and oxygen atoms in total. The molecule has 1 N–H and O–H groups in total. The number of carbonyl (C=O) groups is 1. The Balaban J connectivity index is 1.72. The van der Waals surface area contributed by atoms with E-state index in [0.717, 1.165) is 5.69 Å². The number of aromatic nitrogens is 2. The second-order valence-electron chi connectivity index (χ2n) is 5.11. The SMILES string of the molecule is C[C@@H](NC(=O)c1cnn(-c2ccccc2)c1)C1CC1. The van der Waals surface area contributed by atoms with E-state index in [9.17, 15) is 4.79 Å². The molecule has 1 aromatic carbocycles. The van der Waals surface area contributed by atoms with Gasteiger partial charge in [-0.25, -0.2) is 4.68 Å². The molecule has 4 heteroatoms. The molecular weight excluding hydrogens is 238 g/mol. The van der Waals surface area contributed by atoms with Crippen molar-refractivity contribution in [1.29, 1.82) is 0 Å². The van der Waals surface area contributed by atoms with Crippen LogP contribution in [-0.4, -0.2) is 21.7 Å². The van der Waals surface area contributed by atoms with Gasteiger partial charge in [0.15, 0.2) is 0 Å². The molecule has 0 radical (unpaired) electrons. The fraction of sp³-hybridized carbons (Fsp3) is 0.333. The van der Waals surface area contributed by atoms with E-state index in [0.29, 0.717) is 11.5 Å². The molecule has 1 aliphatic carbocycles. The number of hydrogen-bond donors (Lipinski definition) is 1. The van der Waals surface area contributed by atoms with Crippen LogP contribution in [0.2, 0.25) is 0 Å². The minimum atomic E-state index is -0.0402. The number of benzene rings is 1. The van der Waals surface area contributed by atoms with Crippen molar-refractivity contribution in [2.45, 2.75) is 25.8 Å². The molecule has 1 fully saturated rings. The summed E-state index contributed by atoms with van der Waals surface area (Å²) in [6.45, 7) is 2.07. The predicted octanol–water partition coefficient (Wildman–Crippen LogP) is 2.40. The van der Waals surface area contributed by atoms with E-state index in [1.54, 1.807) is 17.1 Å². The van der Waals surface area contributed by atoms with E-state index in [-0.39, 0.29) is 11.9 Å². The third kappa shape index (κ3) is 2.67. The summed E-state index contributed by atoms with van der Waals surface area (Å²) >= 11 is 0. The number of amides is 1. The lowest BCUT2D eigenvalue weighted by Crippen LogP contribution is -2.33. The zero-order valence-corrected chi connectivity index (χ0v) is 10.9. The Morgan fingerprint density at radius 2 is 2.11 bits per heavy atom. The van der Waals surface area contributed by atoms with Gasteiger partial charge in [0.2, 0.25) is 0 Å². The van der Waals surface area contributed by atoms with Crippen LogP contribution in [0.1, 0.15) is 30.1 Å². The van der Waals surface area contributed by atoms with Crippen LogP contribution in [0.5, 0.6) is 0 Å². The first-order valence-corrected chi connectivity index (χ1v) is 6.65. The molecule has 0 aliphatic heterocycles. The van der Waals surface area contributed by atoms with Crippen molar-refractivity contribution in [2.24, 2.45) is 5.92 Å². The molecule has 1 amide bonds. The van der Waals surface area contributed by atoms with Crippen LogP contribution in [0.4, 0.5) is 0 Å². The molecule has 1 saturated carbocycles. The quantitative estimate of drug-likeness (QED) is 0.912. The molecule has 0 unspecified atom stereocenters. The summed E-state index contributed by atoms with van der Waals surface area (Å²) in [5.74, 6) is 0.620. The molecule has 1 aliphatic rings. The van der Waals surface area contributed by atoms with Gasteiger partial charge in [0.05, 0.1) is 17.4 Å². The fourth-order valence-corrected chi connectivity index (χ4v) is 2.17. The maximum Gasteiger partial charge on any atom is 0.254 e. The Morgan fingerprint density at radius 3 is 2.79 bits per heavy atom. The maximum atomic E-state index is 12.1. The highest BCUT2D eigenvalue weighted by Crippen LogP contribution is 2.32. The molecule has 1 heterocycles. The van der Waals surface area contributed by atoms with Crippen molar-refractivity contribution >= 4 is 5.91 Å². The zero-order chi connectivity index (χ0) is 13.2. The highest BCUT2D eigenvalue weighted by atomic mass is 16.1. The number of hydrogen-bond acceptors (Lipinski definition) is 2. The summed E-state index contributed by atoms with van der Waals surface area (Å²) in [5, 5.41) is 7.26. The smallest absolute Gasteiger partial charge is 0.254 e. The summed E-state index contributed by atoms with van der Waals surface area (Å²) in [4.78, 5) is 12.1. The average Bonchev–Trinajstić information content (AvgIpc) is 3.17. The summed E-state index contributed by atoms with van der Waals surface area (Å²) in [6, 6.07) is 10.0. The number of nitrogens with one attached hydrogen (secondary N) is 1. The fourth-order valence-electron chi connectivity index (χ4n) is 2.17. The molecule has 0 bridgehead atoms. The van der Waals surface area contributed by atoms with Gasteiger partial charge in [-0.15, -0.1) is 0 Å². The molecule has 2 aromatic rings. The lowest BCUT2D eigenvalue weighted by Gasteiger charge is -2.11. The van der Waals surface area contributed by atoms with Gasteiger partial charge < -0.3 is 5.32 Å². The van der Waals surface area contributed by atoms with Gasteiger partial charge in [-0.1, -0.05) is 18.2 Å². The molecule has 3 rings (SSSR count). The Bertz CT molecular complexity index is 572. The largest absolute Gasteiger partial charge is 0.349 e. The molecule has 0 spiro atoms. The zero-order valence-electron chi connectivity index (χ0n) is 10.9. The summed E-state index contributed by atoms with van der Waals surface area (Å²) in [5.41, 5.74) is 1.56. The Hall–Kier alpha value is -2.10. The van der Waals surface area contributed by atoms with Crippen molar-refractivity contribution in [1.82, 2.24) is 15.1 Å². The topological polar surface area (TPSA) is 46.9 Å². The van der Waals surface area contributed by atoms with Crippen molar-refractivity contribution < 1.29 is 4.79 Å². The van der Waals surface area contributed by atoms with Gasteiger partial charge in [0.1, 0.15) is 0 Å². The average molecular weight is 255 g/mol. The minimum absolute atomic E-state index is 0.0402. The van der Waals surface area contributed by atoms with Gasteiger partial charge >= 0.3 is 0 Å². The molecule has 98 valence electrons. The van der Waals surface area contributed by atoms with Gasteiger partial charge in [-0.3, -0.25) is 4.79 Å². The van der Waals surface area contributed by atoms with Crippen LogP contribution in [-0.2, 0) is 0 Å². The first kappa shape index (κ1) is 12.0. The number of carbonyl (C=O) groups excluding carboxylic acids is 1. The molecule has 19 heavy (non-hydrogen) atoms. The Labute approximate surface area is 112 Å². The van der Waals surface area contributed by atoms with Crippen LogP contribution < -0.4 is 5.32 Å². The summed E-state index contributed by atoms with van der Waals surface area (Å²) < 4.78 is 1.72. The monoisotopic (exact) mass is 255 g/mol. The first-order chi connectivity index (χ1) is 9.24. The highest BCUT2D eigenvalue weighted by molar-refractivity contribution is 5.94. The lowest BCUT2D eigenvalue weighted by molar-refractivity contribution is 0.0936. The summed E-state index contributed by atoms with van der Waals surface area (Å²) in [6.07, 6.45) is 5.84. The molecule has 1 aromatic heterocycles. The second-order valence-corrected chi connectivity index (χ2v) is 5.11. The van der Waals surface area contributed by atoms with E-state index in [1.807, 2.05) is 30.3 Å². The third-order valence-corrected chi connectivity index (χ3v) is 3.55. The molecule has 0 saturated heterocycles. The van der Waals surface area contributed by atoms with Crippen LogP contribution in [0.15, 0.2) is 42.7 Å². The van der Waals surface area contributed by atoms with Gasteiger partial charge in [0.25, 0.3) is 5.91 Å². The maximum absolute atomic E-state index is 12.1. The van der Waals surface area contributed by atoms with E-state index in [2.05, 4.69) is 17.3 Å². The lowest BCUT2D eigenvalue weighted by atomic mass is 10.2. The molecular formula is C15H17N3O.